The Bertz CT molecular complexity index is 645. The second kappa shape index (κ2) is 3.34. The maximum absolute atomic E-state index is 11.4. The summed E-state index contributed by atoms with van der Waals surface area (Å²) in [6.45, 7) is 0. The molecule has 0 aliphatic rings. The molecule has 0 fully saturated rings. The molecule has 0 spiro atoms. The van der Waals surface area contributed by atoms with E-state index in [4.69, 9.17) is 0 Å². The lowest BCUT2D eigenvalue weighted by molar-refractivity contribution is -0.384. The van der Waals surface area contributed by atoms with Crippen LogP contribution in [0.3, 0.4) is 0 Å². The van der Waals surface area contributed by atoms with Gasteiger partial charge in [0.15, 0.2) is 5.75 Å². The molecule has 0 unspecified atom stereocenters. The van der Waals surface area contributed by atoms with Crippen molar-refractivity contribution in [2.45, 2.75) is 0 Å². The van der Waals surface area contributed by atoms with Crippen molar-refractivity contribution in [1.29, 1.82) is 0 Å². The van der Waals surface area contributed by atoms with E-state index in [-0.39, 0.29) is 5.69 Å². The summed E-state index contributed by atoms with van der Waals surface area (Å²) in [6, 6.07) is 5.34. The van der Waals surface area contributed by atoms with Crippen molar-refractivity contribution >= 4 is 16.6 Å². The zero-order valence-corrected chi connectivity index (χ0v) is 8.38. The fourth-order valence-corrected chi connectivity index (χ4v) is 1.57. The van der Waals surface area contributed by atoms with Gasteiger partial charge in [-0.3, -0.25) is 14.9 Å². The predicted molar refractivity (Wildman–Crippen MR) is 57.5 cm³/mol. The van der Waals surface area contributed by atoms with Crippen molar-refractivity contribution in [2.24, 2.45) is 7.05 Å². The molecule has 1 aromatic heterocycles. The molecular weight excluding hydrogens is 212 g/mol. The number of benzene rings is 1. The predicted octanol–water partition coefficient (Wildman–Crippen LogP) is 1.15. The fourth-order valence-electron chi connectivity index (χ4n) is 1.57. The smallest absolute Gasteiger partial charge is 0.292 e. The van der Waals surface area contributed by atoms with Crippen LogP contribution in [0.2, 0.25) is 0 Å². The van der Waals surface area contributed by atoms with Gasteiger partial charge in [-0.15, -0.1) is 0 Å². The second-order valence-corrected chi connectivity index (χ2v) is 3.39. The van der Waals surface area contributed by atoms with Gasteiger partial charge in [0, 0.05) is 24.6 Å². The van der Waals surface area contributed by atoms with E-state index >= 15 is 0 Å². The third-order valence-corrected chi connectivity index (χ3v) is 2.40. The number of hydrogen-bond acceptors (Lipinski definition) is 4. The van der Waals surface area contributed by atoms with E-state index in [1.165, 1.54) is 35.9 Å². The van der Waals surface area contributed by atoms with Crippen LogP contribution in [0.15, 0.2) is 29.1 Å². The maximum atomic E-state index is 11.4. The lowest BCUT2D eigenvalue weighted by atomic mass is 10.2. The average Bonchev–Trinajstić information content (AvgIpc) is 2.25. The quantitative estimate of drug-likeness (QED) is 0.577. The van der Waals surface area contributed by atoms with Crippen LogP contribution in [0, 0.1) is 10.1 Å². The molecule has 0 saturated heterocycles. The number of aryl methyl sites for hydroxylation is 1. The summed E-state index contributed by atoms with van der Waals surface area (Å²) in [5.74, 6) is -0.421. The van der Waals surface area contributed by atoms with E-state index in [1.54, 1.807) is 0 Å². The number of nitro benzene ring substituents is 1. The minimum atomic E-state index is -0.527. The van der Waals surface area contributed by atoms with E-state index in [0.29, 0.717) is 10.9 Å². The van der Waals surface area contributed by atoms with Crippen molar-refractivity contribution < 1.29 is 10.0 Å². The lowest BCUT2D eigenvalue weighted by Gasteiger charge is -2.04. The molecule has 0 radical (unpaired) electrons. The zero-order valence-electron chi connectivity index (χ0n) is 8.38. The summed E-state index contributed by atoms with van der Waals surface area (Å²) in [4.78, 5) is 21.4. The van der Waals surface area contributed by atoms with Gasteiger partial charge in [0.2, 0.25) is 0 Å². The molecule has 0 bridgehead atoms. The van der Waals surface area contributed by atoms with Gasteiger partial charge in [0.05, 0.1) is 10.4 Å². The Morgan fingerprint density at radius 1 is 1.38 bits per heavy atom. The van der Waals surface area contributed by atoms with Crippen molar-refractivity contribution in [3.8, 4) is 5.75 Å². The van der Waals surface area contributed by atoms with Crippen LogP contribution in [0.1, 0.15) is 0 Å². The van der Waals surface area contributed by atoms with Crippen molar-refractivity contribution in [1.82, 2.24) is 4.57 Å². The first kappa shape index (κ1) is 10.2. The van der Waals surface area contributed by atoms with Crippen LogP contribution in [0.25, 0.3) is 10.9 Å². The number of nitrogens with zero attached hydrogens (tertiary/aromatic N) is 2. The minimum Gasteiger partial charge on any atom is -0.503 e. The average molecular weight is 220 g/mol. The van der Waals surface area contributed by atoms with Crippen LogP contribution in [-0.2, 0) is 7.05 Å². The zero-order chi connectivity index (χ0) is 11.9. The summed E-state index contributed by atoms with van der Waals surface area (Å²) in [5.41, 5.74) is -0.0692. The van der Waals surface area contributed by atoms with Crippen LogP contribution >= 0.6 is 0 Å². The number of nitro groups is 1. The Labute approximate surface area is 89.5 Å². The molecule has 1 N–H and O–H groups in total. The number of non-ortho nitro benzene ring substituents is 1. The van der Waals surface area contributed by atoms with E-state index in [0.717, 1.165) is 0 Å². The molecule has 0 aliphatic heterocycles. The van der Waals surface area contributed by atoms with E-state index in [1.807, 2.05) is 0 Å². The van der Waals surface area contributed by atoms with Gasteiger partial charge in [0.25, 0.3) is 11.2 Å². The maximum Gasteiger partial charge on any atom is 0.292 e. The van der Waals surface area contributed by atoms with Gasteiger partial charge in [0.1, 0.15) is 0 Å². The highest BCUT2D eigenvalue weighted by Gasteiger charge is 2.10. The number of aromatic hydroxyl groups is 1. The molecule has 6 heteroatoms. The van der Waals surface area contributed by atoms with Gasteiger partial charge in [-0.25, -0.2) is 0 Å². The molecule has 0 aliphatic carbocycles. The van der Waals surface area contributed by atoms with Crippen LogP contribution in [0.4, 0.5) is 5.69 Å². The summed E-state index contributed by atoms with van der Waals surface area (Å²) >= 11 is 0. The van der Waals surface area contributed by atoms with Crippen LogP contribution in [-0.4, -0.2) is 14.6 Å². The van der Waals surface area contributed by atoms with Crippen molar-refractivity contribution in [3.63, 3.8) is 0 Å². The summed E-state index contributed by atoms with van der Waals surface area (Å²) in [5, 5.41) is 20.3. The monoisotopic (exact) mass is 220 g/mol. The third kappa shape index (κ3) is 1.40. The summed E-state index contributed by atoms with van der Waals surface area (Å²) in [6.07, 6.45) is 0. The molecule has 82 valence electrons. The topological polar surface area (TPSA) is 85.4 Å². The largest absolute Gasteiger partial charge is 0.503 e. The first-order valence-electron chi connectivity index (χ1n) is 4.48. The van der Waals surface area contributed by atoms with E-state index < -0.39 is 16.2 Å². The van der Waals surface area contributed by atoms with Gasteiger partial charge < -0.3 is 9.67 Å². The number of aromatic nitrogens is 1. The Morgan fingerprint density at radius 3 is 2.69 bits per heavy atom. The highest BCUT2D eigenvalue weighted by molar-refractivity contribution is 5.82. The highest BCUT2D eigenvalue weighted by Crippen LogP contribution is 2.21. The first-order chi connectivity index (χ1) is 7.50. The number of rotatable bonds is 1. The highest BCUT2D eigenvalue weighted by atomic mass is 16.6. The number of pyridine rings is 1. The number of fused-ring (bicyclic) bond motifs is 1. The molecule has 2 aromatic rings. The SMILES string of the molecule is Cn1c(=O)c(O)cc2cc([N+](=O)[O-])ccc21. The Morgan fingerprint density at radius 2 is 2.06 bits per heavy atom. The van der Waals surface area contributed by atoms with Gasteiger partial charge >= 0.3 is 0 Å². The van der Waals surface area contributed by atoms with Crippen LogP contribution in [0.5, 0.6) is 5.75 Å². The lowest BCUT2D eigenvalue weighted by Crippen LogP contribution is -2.16. The molecule has 16 heavy (non-hydrogen) atoms. The van der Waals surface area contributed by atoms with Crippen molar-refractivity contribution in [2.75, 3.05) is 0 Å². The first-order valence-corrected chi connectivity index (χ1v) is 4.48. The summed E-state index contributed by atoms with van der Waals surface area (Å²) in [7, 11) is 1.50. The molecule has 1 heterocycles. The van der Waals surface area contributed by atoms with Gasteiger partial charge in [-0.1, -0.05) is 0 Å². The van der Waals surface area contributed by atoms with Crippen LogP contribution < -0.4 is 5.56 Å². The van der Waals surface area contributed by atoms with Crippen molar-refractivity contribution in [3.05, 3.63) is 44.7 Å². The normalized spacial score (nSPS) is 10.6. The summed E-state index contributed by atoms with van der Waals surface area (Å²) < 4.78 is 1.24. The Kier molecular flexibility index (Phi) is 2.12. The molecule has 1 aromatic carbocycles. The minimum absolute atomic E-state index is 0.0782. The van der Waals surface area contributed by atoms with E-state index in [9.17, 15) is 20.0 Å². The molecule has 6 nitrogen and oxygen atoms in total. The molecule has 0 amide bonds. The molecular formula is C10H8N2O4. The molecule has 0 saturated carbocycles. The second-order valence-electron chi connectivity index (χ2n) is 3.39. The Balaban J connectivity index is 2.86. The van der Waals surface area contributed by atoms with E-state index in [2.05, 4.69) is 0 Å². The standard InChI is InChI=1S/C10H8N2O4/c1-11-8-3-2-7(12(15)16)4-6(8)5-9(13)10(11)14/h2-5,13H,1H3. The molecule has 2 rings (SSSR count). The van der Waals surface area contributed by atoms with Gasteiger partial charge in [-0.05, 0) is 12.1 Å². The third-order valence-electron chi connectivity index (χ3n) is 2.40. The fraction of sp³-hybridized carbons (Fsp3) is 0.100. The molecule has 0 atom stereocenters. The van der Waals surface area contributed by atoms with Gasteiger partial charge in [-0.2, -0.15) is 0 Å². The number of hydrogen-bond donors (Lipinski definition) is 1. The Hall–Kier alpha value is -2.37.